The molecule has 1 atom stereocenters. The molecule has 0 spiro atoms. The fourth-order valence-electron chi connectivity index (χ4n) is 3.87. The highest BCUT2D eigenvalue weighted by Crippen LogP contribution is 2.25. The highest BCUT2D eigenvalue weighted by Gasteiger charge is 2.43. The molecule has 4 rings (SSSR count). The maximum Gasteiger partial charge on any atom is 0.252 e. The van der Waals surface area contributed by atoms with Crippen LogP contribution in [0.1, 0.15) is 17.5 Å². The Kier molecular flexibility index (Phi) is 7.55. The number of hydrogen-bond donors (Lipinski definition) is 1. The highest BCUT2D eigenvalue weighted by atomic mass is 35.5. The average molecular weight is 496 g/mol. The first kappa shape index (κ1) is 23.9. The number of amides is 2. The lowest BCUT2D eigenvalue weighted by Crippen LogP contribution is -2.37. The molecular weight excluding hydrogens is 473 g/mol. The maximum absolute atomic E-state index is 13.4. The smallest absolute Gasteiger partial charge is 0.252 e. The van der Waals surface area contributed by atoms with Crippen molar-refractivity contribution in [1.82, 2.24) is 9.80 Å². The summed E-state index contributed by atoms with van der Waals surface area (Å²) in [6.45, 7) is 0.799. The number of nitrogens with zero attached hydrogens (tertiary/aromatic N) is 2. The molecule has 174 valence electrons. The Morgan fingerprint density at radius 3 is 2.32 bits per heavy atom. The third kappa shape index (κ3) is 5.79. The van der Waals surface area contributed by atoms with Gasteiger partial charge in [0.1, 0.15) is 11.9 Å². The van der Waals surface area contributed by atoms with Crippen molar-refractivity contribution < 1.29 is 14.0 Å². The number of halogens is 2. The Hall–Kier alpha value is -3.29. The molecule has 1 N–H and O–H groups in total. The molecule has 1 heterocycles. The van der Waals surface area contributed by atoms with E-state index in [4.69, 9.17) is 23.8 Å². The quantitative estimate of drug-likeness (QED) is 0.444. The molecule has 3 aromatic rings. The number of thiocarbonyl (C=S) groups is 1. The average Bonchev–Trinajstić information content (AvgIpc) is 3.05. The summed E-state index contributed by atoms with van der Waals surface area (Å²) in [7, 11) is 0. The molecule has 1 unspecified atom stereocenters. The molecule has 0 radical (unpaired) electrons. The zero-order valence-electron chi connectivity index (χ0n) is 18.3. The number of carbonyl (C=O) groups excluding carboxylic acids is 2. The van der Waals surface area contributed by atoms with Gasteiger partial charge in [0.25, 0.3) is 5.91 Å². The van der Waals surface area contributed by atoms with Crippen molar-refractivity contribution in [2.75, 3.05) is 11.9 Å². The van der Waals surface area contributed by atoms with Gasteiger partial charge in [-0.3, -0.25) is 14.5 Å². The van der Waals surface area contributed by atoms with E-state index in [1.807, 2.05) is 42.5 Å². The highest BCUT2D eigenvalue weighted by molar-refractivity contribution is 7.80. The number of carbonyl (C=O) groups is 2. The van der Waals surface area contributed by atoms with E-state index in [2.05, 4.69) is 5.32 Å². The SMILES string of the molecule is O=C(CC1C(=O)N(CCc2ccccc2)C(=S)N1Cc1ccc(Cl)cc1)Nc1ccc(F)cc1. The third-order valence-corrected chi connectivity index (χ3v) is 6.35. The first-order chi connectivity index (χ1) is 16.4. The Labute approximate surface area is 208 Å². The summed E-state index contributed by atoms with van der Waals surface area (Å²) in [5, 5.41) is 3.75. The van der Waals surface area contributed by atoms with Crippen LogP contribution in [0.4, 0.5) is 10.1 Å². The minimum absolute atomic E-state index is 0.0776. The second-order valence-electron chi connectivity index (χ2n) is 8.04. The summed E-state index contributed by atoms with van der Waals surface area (Å²) in [5.74, 6) is -0.944. The van der Waals surface area contributed by atoms with Gasteiger partial charge in [0.15, 0.2) is 5.11 Å². The zero-order valence-corrected chi connectivity index (χ0v) is 19.9. The van der Waals surface area contributed by atoms with E-state index in [1.54, 1.807) is 21.9 Å². The van der Waals surface area contributed by atoms with Gasteiger partial charge in [-0.25, -0.2) is 4.39 Å². The van der Waals surface area contributed by atoms with Crippen molar-refractivity contribution >= 4 is 46.4 Å². The van der Waals surface area contributed by atoms with Crippen LogP contribution < -0.4 is 5.32 Å². The van der Waals surface area contributed by atoms with Crippen LogP contribution in [0.25, 0.3) is 0 Å². The van der Waals surface area contributed by atoms with Gasteiger partial charge in [0.05, 0.1) is 6.42 Å². The van der Waals surface area contributed by atoms with E-state index >= 15 is 0 Å². The number of nitrogens with one attached hydrogen (secondary N) is 1. The molecule has 0 bridgehead atoms. The van der Waals surface area contributed by atoms with E-state index in [0.717, 1.165) is 11.1 Å². The van der Waals surface area contributed by atoms with Gasteiger partial charge in [-0.05, 0) is 66.2 Å². The van der Waals surface area contributed by atoms with E-state index in [1.165, 1.54) is 24.3 Å². The van der Waals surface area contributed by atoms with Crippen LogP contribution in [0.2, 0.25) is 5.02 Å². The van der Waals surface area contributed by atoms with Gasteiger partial charge in [-0.15, -0.1) is 0 Å². The van der Waals surface area contributed by atoms with Gasteiger partial charge in [-0.1, -0.05) is 54.1 Å². The first-order valence-corrected chi connectivity index (χ1v) is 11.6. The summed E-state index contributed by atoms with van der Waals surface area (Å²) < 4.78 is 13.2. The minimum atomic E-state index is -0.737. The van der Waals surface area contributed by atoms with Crippen LogP contribution in [-0.2, 0) is 22.6 Å². The molecule has 1 saturated heterocycles. The Balaban J connectivity index is 1.51. The number of benzene rings is 3. The molecule has 5 nitrogen and oxygen atoms in total. The van der Waals surface area contributed by atoms with Gasteiger partial charge in [-0.2, -0.15) is 0 Å². The second-order valence-corrected chi connectivity index (χ2v) is 8.84. The van der Waals surface area contributed by atoms with Crippen LogP contribution in [0.5, 0.6) is 0 Å². The fraction of sp³-hybridized carbons (Fsp3) is 0.192. The number of anilines is 1. The van der Waals surface area contributed by atoms with Gasteiger partial charge < -0.3 is 10.2 Å². The van der Waals surface area contributed by atoms with Crippen LogP contribution >= 0.6 is 23.8 Å². The summed E-state index contributed by atoms with van der Waals surface area (Å²) in [6, 6.07) is 21.9. The van der Waals surface area contributed by atoms with Crippen molar-refractivity contribution in [2.45, 2.75) is 25.4 Å². The molecule has 2 amide bonds. The molecule has 0 saturated carbocycles. The lowest BCUT2D eigenvalue weighted by molar-refractivity contribution is -0.130. The molecule has 1 aliphatic heterocycles. The predicted octanol–water partition coefficient (Wildman–Crippen LogP) is 5.05. The Morgan fingerprint density at radius 2 is 1.65 bits per heavy atom. The monoisotopic (exact) mass is 495 g/mol. The van der Waals surface area contributed by atoms with Crippen LogP contribution in [0.3, 0.4) is 0 Å². The first-order valence-electron chi connectivity index (χ1n) is 10.9. The predicted molar refractivity (Wildman–Crippen MR) is 135 cm³/mol. The van der Waals surface area contributed by atoms with Crippen LogP contribution in [0, 0.1) is 5.82 Å². The van der Waals surface area contributed by atoms with E-state index in [9.17, 15) is 14.0 Å². The topological polar surface area (TPSA) is 52.7 Å². The minimum Gasteiger partial charge on any atom is -0.332 e. The summed E-state index contributed by atoms with van der Waals surface area (Å²) in [5.41, 5.74) is 2.48. The molecular formula is C26H23ClFN3O2S. The van der Waals surface area contributed by atoms with Crippen LogP contribution in [-0.4, -0.2) is 39.3 Å². The lowest BCUT2D eigenvalue weighted by atomic mass is 10.1. The van der Waals surface area contributed by atoms with Crippen molar-refractivity contribution in [3.8, 4) is 0 Å². The molecule has 3 aromatic carbocycles. The largest absolute Gasteiger partial charge is 0.332 e. The Bertz CT molecular complexity index is 1170. The number of hydrogen-bond acceptors (Lipinski definition) is 3. The summed E-state index contributed by atoms with van der Waals surface area (Å²) in [6.07, 6.45) is 0.571. The van der Waals surface area contributed by atoms with E-state index < -0.39 is 11.9 Å². The molecule has 8 heteroatoms. The van der Waals surface area contributed by atoms with Gasteiger partial charge in [0.2, 0.25) is 5.91 Å². The molecule has 1 fully saturated rings. The zero-order chi connectivity index (χ0) is 24.1. The number of rotatable bonds is 8. The fourth-order valence-corrected chi connectivity index (χ4v) is 4.37. The summed E-state index contributed by atoms with van der Waals surface area (Å²) in [4.78, 5) is 29.5. The van der Waals surface area contributed by atoms with Gasteiger partial charge >= 0.3 is 0 Å². The standard InChI is InChI=1S/C26H23ClFN3O2S/c27-20-8-6-19(7-9-20)17-31-23(16-24(32)29-22-12-10-21(28)11-13-22)25(33)30(26(31)34)15-14-18-4-2-1-3-5-18/h1-13,23H,14-17H2,(H,29,32). The van der Waals surface area contributed by atoms with Crippen LogP contribution in [0.15, 0.2) is 78.9 Å². The molecule has 0 aromatic heterocycles. The van der Waals surface area contributed by atoms with Crippen molar-refractivity contribution in [3.63, 3.8) is 0 Å². The third-order valence-electron chi connectivity index (χ3n) is 5.64. The van der Waals surface area contributed by atoms with Crippen molar-refractivity contribution in [3.05, 3.63) is 101 Å². The van der Waals surface area contributed by atoms with Crippen molar-refractivity contribution in [2.24, 2.45) is 0 Å². The van der Waals surface area contributed by atoms with Crippen molar-refractivity contribution in [1.29, 1.82) is 0 Å². The Morgan fingerprint density at radius 1 is 0.971 bits per heavy atom. The van der Waals surface area contributed by atoms with E-state index in [-0.39, 0.29) is 18.2 Å². The van der Waals surface area contributed by atoms with Gasteiger partial charge in [0, 0.05) is 23.8 Å². The molecule has 1 aliphatic rings. The molecule has 0 aliphatic carbocycles. The normalized spacial score (nSPS) is 15.6. The summed E-state index contributed by atoms with van der Waals surface area (Å²) >= 11 is 11.7. The maximum atomic E-state index is 13.4. The molecule has 34 heavy (non-hydrogen) atoms. The second kappa shape index (κ2) is 10.8. The van der Waals surface area contributed by atoms with E-state index in [0.29, 0.717) is 35.3 Å². The lowest BCUT2D eigenvalue weighted by Gasteiger charge is -2.24.